The van der Waals surface area contributed by atoms with Crippen LogP contribution in [0, 0.1) is 17.5 Å². The quantitative estimate of drug-likeness (QED) is 0.601. The zero-order valence-corrected chi connectivity index (χ0v) is 13.6. The smallest absolute Gasteiger partial charge is 0.196 e. The van der Waals surface area contributed by atoms with Crippen LogP contribution in [-0.4, -0.2) is 9.97 Å². The van der Waals surface area contributed by atoms with Gasteiger partial charge in [-0.2, -0.15) is 0 Å². The Kier molecular flexibility index (Phi) is 4.66. The molecule has 0 atom stereocenters. The van der Waals surface area contributed by atoms with Gasteiger partial charge in [0.1, 0.15) is 18.0 Å². The van der Waals surface area contributed by atoms with Gasteiger partial charge in [-0.05, 0) is 36.4 Å². The van der Waals surface area contributed by atoms with Gasteiger partial charge in [0.05, 0.1) is 5.69 Å². The third kappa shape index (κ3) is 3.65. The number of halogens is 4. The number of aromatic nitrogens is 2. The summed E-state index contributed by atoms with van der Waals surface area (Å²) in [5, 5.41) is 5.65. The lowest BCUT2D eigenvalue weighted by Gasteiger charge is -2.10. The molecule has 2 aromatic carbocycles. The van der Waals surface area contributed by atoms with E-state index in [9.17, 15) is 13.2 Å². The Labute approximate surface area is 143 Å². The first kappa shape index (κ1) is 16.3. The molecule has 0 aliphatic carbocycles. The molecule has 3 aromatic rings. The van der Waals surface area contributed by atoms with Crippen LogP contribution in [0.3, 0.4) is 0 Å². The van der Waals surface area contributed by atoms with Crippen LogP contribution < -0.4 is 10.6 Å². The molecule has 4 nitrogen and oxygen atoms in total. The summed E-state index contributed by atoms with van der Waals surface area (Å²) in [5.41, 5.74) is 0.573. The van der Waals surface area contributed by atoms with Gasteiger partial charge in [-0.1, -0.05) is 15.9 Å². The Morgan fingerprint density at radius 2 is 1.46 bits per heavy atom. The van der Waals surface area contributed by atoms with E-state index in [2.05, 4.69) is 36.5 Å². The lowest BCUT2D eigenvalue weighted by Crippen LogP contribution is -2.02. The molecule has 0 saturated carbocycles. The summed E-state index contributed by atoms with van der Waals surface area (Å²) in [6.45, 7) is 0. The second kappa shape index (κ2) is 6.88. The van der Waals surface area contributed by atoms with Crippen LogP contribution in [0.2, 0.25) is 0 Å². The fraction of sp³-hybridized carbons (Fsp3) is 0. The number of nitrogens with zero attached hydrogens (tertiary/aromatic N) is 2. The van der Waals surface area contributed by atoms with Crippen LogP contribution in [0.15, 0.2) is 53.3 Å². The van der Waals surface area contributed by atoms with E-state index in [0.717, 1.165) is 22.3 Å². The second-order valence-corrected chi connectivity index (χ2v) is 5.68. The van der Waals surface area contributed by atoms with Crippen LogP contribution in [0.5, 0.6) is 0 Å². The minimum Gasteiger partial charge on any atom is -0.340 e. The van der Waals surface area contributed by atoms with E-state index in [0.29, 0.717) is 5.82 Å². The van der Waals surface area contributed by atoms with Crippen molar-refractivity contribution in [2.75, 3.05) is 10.6 Å². The first-order valence-electron chi connectivity index (χ1n) is 6.78. The van der Waals surface area contributed by atoms with Crippen LogP contribution >= 0.6 is 15.9 Å². The highest BCUT2D eigenvalue weighted by atomic mass is 79.9. The Morgan fingerprint density at radius 1 is 0.792 bits per heavy atom. The van der Waals surface area contributed by atoms with Gasteiger partial charge < -0.3 is 10.6 Å². The molecule has 0 unspecified atom stereocenters. The monoisotopic (exact) mass is 394 g/mol. The number of benzene rings is 2. The summed E-state index contributed by atoms with van der Waals surface area (Å²) in [4.78, 5) is 7.98. The second-order valence-electron chi connectivity index (χ2n) is 4.77. The van der Waals surface area contributed by atoms with E-state index >= 15 is 0 Å². The average molecular weight is 395 g/mol. The Morgan fingerprint density at radius 3 is 2.17 bits per heavy atom. The number of anilines is 4. The van der Waals surface area contributed by atoms with E-state index in [-0.39, 0.29) is 11.5 Å². The molecule has 0 radical (unpaired) electrons. The Hall–Kier alpha value is -2.61. The standard InChI is InChI=1S/C16H10BrF3N4/c17-9-1-3-10(4-2-9)23-13-7-14(22-8-21-13)24-12-6-5-11(18)15(19)16(12)20/h1-8H,(H2,21,22,23,24). The summed E-state index contributed by atoms with van der Waals surface area (Å²) in [7, 11) is 0. The molecule has 0 aliphatic heterocycles. The first-order chi connectivity index (χ1) is 11.5. The molecular formula is C16H10BrF3N4. The lowest BCUT2D eigenvalue weighted by atomic mass is 10.2. The van der Waals surface area contributed by atoms with Crippen molar-refractivity contribution in [2.45, 2.75) is 0 Å². The number of rotatable bonds is 4. The summed E-state index contributed by atoms with van der Waals surface area (Å²) in [5.74, 6) is -3.41. The number of hydrogen-bond donors (Lipinski definition) is 2. The van der Waals surface area contributed by atoms with Crippen LogP contribution in [-0.2, 0) is 0 Å². The fourth-order valence-corrected chi connectivity index (χ4v) is 2.20. The minimum absolute atomic E-state index is 0.220. The fourth-order valence-electron chi connectivity index (χ4n) is 1.94. The third-order valence-corrected chi connectivity index (χ3v) is 3.61. The maximum Gasteiger partial charge on any atom is 0.196 e. The van der Waals surface area contributed by atoms with Crippen molar-refractivity contribution in [3.63, 3.8) is 0 Å². The molecule has 24 heavy (non-hydrogen) atoms. The van der Waals surface area contributed by atoms with Gasteiger partial charge in [0, 0.05) is 16.2 Å². The van der Waals surface area contributed by atoms with Crippen molar-refractivity contribution in [2.24, 2.45) is 0 Å². The van der Waals surface area contributed by atoms with Gasteiger partial charge >= 0.3 is 0 Å². The largest absolute Gasteiger partial charge is 0.340 e. The molecule has 0 spiro atoms. The molecule has 0 amide bonds. The predicted octanol–water partition coefficient (Wildman–Crippen LogP) is 5.14. The highest BCUT2D eigenvalue weighted by molar-refractivity contribution is 9.10. The SMILES string of the molecule is Fc1ccc(Nc2cc(Nc3ccc(Br)cc3)ncn2)c(F)c1F. The van der Waals surface area contributed by atoms with Gasteiger partial charge in [0.25, 0.3) is 0 Å². The molecule has 1 heterocycles. The van der Waals surface area contributed by atoms with Gasteiger partial charge in [-0.3, -0.25) is 0 Å². The highest BCUT2D eigenvalue weighted by Gasteiger charge is 2.13. The van der Waals surface area contributed by atoms with Crippen molar-refractivity contribution in [1.29, 1.82) is 0 Å². The van der Waals surface area contributed by atoms with E-state index in [4.69, 9.17) is 0 Å². The van der Waals surface area contributed by atoms with E-state index in [1.807, 2.05) is 24.3 Å². The molecule has 1 aromatic heterocycles. The number of nitrogens with one attached hydrogen (secondary N) is 2. The summed E-state index contributed by atoms with van der Waals surface area (Å²) < 4.78 is 40.8. The average Bonchev–Trinajstić information content (AvgIpc) is 2.58. The zero-order valence-electron chi connectivity index (χ0n) is 12.0. The molecule has 2 N–H and O–H groups in total. The molecular weight excluding hydrogens is 385 g/mol. The topological polar surface area (TPSA) is 49.8 Å². The van der Waals surface area contributed by atoms with Crippen molar-refractivity contribution < 1.29 is 13.2 Å². The molecule has 0 saturated heterocycles. The van der Waals surface area contributed by atoms with Crippen molar-refractivity contribution >= 4 is 38.9 Å². The van der Waals surface area contributed by atoms with Crippen LogP contribution in [0.25, 0.3) is 0 Å². The Bertz CT molecular complexity index is 872. The van der Waals surface area contributed by atoms with Crippen LogP contribution in [0.1, 0.15) is 0 Å². The molecule has 8 heteroatoms. The summed E-state index contributed by atoms with van der Waals surface area (Å²) in [6, 6.07) is 10.9. The summed E-state index contributed by atoms with van der Waals surface area (Å²) in [6.07, 6.45) is 1.27. The van der Waals surface area contributed by atoms with Crippen LogP contribution in [0.4, 0.5) is 36.2 Å². The van der Waals surface area contributed by atoms with Crippen molar-refractivity contribution in [3.05, 3.63) is 70.7 Å². The van der Waals surface area contributed by atoms with E-state index < -0.39 is 17.5 Å². The molecule has 122 valence electrons. The molecule has 0 bridgehead atoms. The van der Waals surface area contributed by atoms with Gasteiger partial charge in [-0.25, -0.2) is 23.1 Å². The third-order valence-electron chi connectivity index (χ3n) is 3.08. The highest BCUT2D eigenvalue weighted by Crippen LogP contribution is 2.24. The maximum absolute atomic E-state index is 13.7. The predicted molar refractivity (Wildman–Crippen MR) is 89.1 cm³/mol. The van der Waals surface area contributed by atoms with Gasteiger partial charge in [-0.15, -0.1) is 0 Å². The molecule has 0 fully saturated rings. The minimum atomic E-state index is -1.54. The molecule has 3 rings (SSSR count). The Balaban J connectivity index is 1.80. The van der Waals surface area contributed by atoms with E-state index in [1.165, 1.54) is 12.4 Å². The lowest BCUT2D eigenvalue weighted by molar-refractivity contribution is 0.449. The number of hydrogen-bond acceptors (Lipinski definition) is 4. The zero-order chi connectivity index (χ0) is 17.1. The van der Waals surface area contributed by atoms with Gasteiger partial charge in [0.15, 0.2) is 17.5 Å². The molecule has 0 aliphatic rings. The van der Waals surface area contributed by atoms with Gasteiger partial charge in [0.2, 0.25) is 0 Å². The first-order valence-corrected chi connectivity index (χ1v) is 7.57. The van der Waals surface area contributed by atoms with E-state index in [1.54, 1.807) is 0 Å². The maximum atomic E-state index is 13.7. The summed E-state index contributed by atoms with van der Waals surface area (Å²) >= 11 is 3.34. The normalized spacial score (nSPS) is 10.5. The van der Waals surface area contributed by atoms with Crippen molar-refractivity contribution in [3.8, 4) is 0 Å². The van der Waals surface area contributed by atoms with Crippen molar-refractivity contribution in [1.82, 2.24) is 9.97 Å².